The van der Waals surface area contributed by atoms with Crippen LogP contribution in [0.1, 0.15) is 44.4 Å². The number of ketones is 1. The van der Waals surface area contributed by atoms with Gasteiger partial charge in [0.25, 0.3) is 0 Å². The number of Topliss-reactive ketones (excluding diaryl/α,β-unsaturated/α-hetero) is 1. The number of anilines is 1. The summed E-state index contributed by atoms with van der Waals surface area (Å²) in [4.78, 5) is 29.7. The number of nitrogens with one attached hydrogen (secondary N) is 1. The maximum absolute atomic E-state index is 12.5. The van der Waals surface area contributed by atoms with E-state index in [0.717, 1.165) is 22.0 Å². The first-order valence-electron chi connectivity index (χ1n) is 10.6. The summed E-state index contributed by atoms with van der Waals surface area (Å²) in [5.74, 6) is -0.643. The van der Waals surface area contributed by atoms with E-state index < -0.39 is 5.97 Å². The van der Waals surface area contributed by atoms with E-state index in [1.807, 2.05) is 29.6 Å². The zero-order valence-electron chi connectivity index (χ0n) is 18.8. The van der Waals surface area contributed by atoms with Crippen molar-refractivity contribution in [3.63, 3.8) is 0 Å². The summed E-state index contributed by atoms with van der Waals surface area (Å²) < 4.78 is 5.17. The third kappa shape index (κ3) is 4.49. The van der Waals surface area contributed by atoms with Crippen LogP contribution in [0.4, 0.5) is 5.00 Å². The van der Waals surface area contributed by atoms with Crippen LogP contribution in [0.15, 0.2) is 54.0 Å². The highest BCUT2D eigenvalue weighted by Gasteiger charge is 2.24. The van der Waals surface area contributed by atoms with E-state index >= 15 is 0 Å². The lowest BCUT2D eigenvalue weighted by Crippen LogP contribution is -2.08. The molecule has 0 saturated heterocycles. The van der Waals surface area contributed by atoms with Crippen LogP contribution in [0.25, 0.3) is 27.6 Å². The number of hydrogen-bond donors (Lipinski definition) is 1. The van der Waals surface area contributed by atoms with E-state index in [4.69, 9.17) is 9.72 Å². The Hall–Kier alpha value is -3.80. The molecule has 2 aromatic carbocycles. The number of thiazole rings is 1. The molecule has 0 unspecified atom stereocenters. The van der Waals surface area contributed by atoms with Crippen molar-refractivity contribution in [3.8, 4) is 17.3 Å². The molecule has 0 aliphatic heterocycles. The molecule has 0 atom stereocenters. The third-order valence-corrected chi connectivity index (χ3v) is 7.41. The number of esters is 1. The van der Waals surface area contributed by atoms with Crippen LogP contribution in [0.2, 0.25) is 0 Å². The number of benzene rings is 2. The first-order valence-corrected chi connectivity index (χ1v) is 12.3. The number of allylic oxidation sites excluding steroid dienone is 1. The fraction of sp³-hybridized carbons (Fsp3) is 0.154. The third-order valence-electron chi connectivity index (χ3n) is 5.21. The van der Waals surface area contributed by atoms with Crippen molar-refractivity contribution in [2.24, 2.45) is 0 Å². The number of fused-ring (bicyclic) bond motifs is 1. The second-order valence-corrected chi connectivity index (χ2v) is 9.29. The van der Waals surface area contributed by atoms with E-state index in [1.165, 1.54) is 35.8 Å². The van der Waals surface area contributed by atoms with Crippen molar-refractivity contribution in [2.75, 3.05) is 11.9 Å². The van der Waals surface area contributed by atoms with Gasteiger partial charge in [0.2, 0.25) is 0 Å². The van der Waals surface area contributed by atoms with Crippen molar-refractivity contribution in [2.45, 2.75) is 20.8 Å². The topological polar surface area (TPSA) is 92.1 Å². The molecule has 0 fully saturated rings. The van der Waals surface area contributed by atoms with Crippen LogP contribution in [0, 0.1) is 18.3 Å². The van der Waals surface area contributed by atoms with Gasteiger partial charge in [-0.2, -0.15) is 5.26 Å². The fourth-order valence-electron chi connectivity index (χ4n) is 3.65. The van der Waals surface area contributed by atoms with Crippen molar-refractivity contribution in [1.29, 1.82) is 5.26 Å². The Morgan fingerprint density at radius 2 is 1.97 bits per heavy atom. The average molecular weight is 488 g/mol. The summed E-state index contributed by atoms with van der Waals surface area (Å²) in [5.41, 5.74) is 2.98. The number of nitrogens with zero attached hydrogens (tertiary/aromatic N) is 2. The molecule has 0 amide bonds. The summed E-state index contributed by atoms with van der Waals surface area (Å²) in [6.07, 6.45) is 1.52. The van der Waals surface area contributed by atoms with Crippen molar-refractivity contribution < 1.29 is 14.3 Å². The molecule has 2 heterocycles. The molecule has 170 valence electrons. The van der Waals surface area contributed by atoms with Crippen LogP contribution in [0.5, 0.6) is 0 Å². The van der Waals surface area contributed by atoms with Gasteiger partial charge in [-0.15, -0.1) is 22.7 Å². The predicted molar refractivity (Wildman–Crippen MR) is 137 cm³/mol. The SMILES string of the molecule is CCOC(=O)c1c(N/C=C(/C#N)c2nc(-c3cccc4ccccc34)cs2)sc(C(C)=O)c1C. The molecular weight excluding hydrogens is 466 g/mol. The Bertz CT molecular complexity index is 1470. The molecule has 0 saturated carbocycles. The minimum absolute atomic E-state index is 0.134. The van der Waals surface area contributed by atoms with Gasteiger partial charge in [0, 0.05) is 17.1 Å². The Labute approximate surface area is 205 Å². The number of rotatable bonds is 7. The molecule has 0 bridgehead atoms. The van der Waals surface area contributed by atoms with Gasteiger partial charge in [0.15, 0.2) is 5.78 Å². The first-order chi connectivity index (χ1) is 16.4. The van der Waals surface area contributed by atoms with E-state index in [1.54, 1.807) is 13.8 Å². The summed E-state index contributed by atoms with van der Waals surface area (Å²) in [5, 5.41) is 18.0. The molecule has 1 N–H and O–H groups in total. The second-order valence-electron chi connectivity index (χ2n) is 7.42. The Morgan fingerprint density at radius 3 is 2.71 bits per heavy atom. The highest BCUT2D eigenvalue weighted by atomic mass is 32.1. The van der Waals surface area contributed by atoms with E-state index in [2.05, 4.69) is 29.6 Å². The molecule has 0 spiro atoms. The van der Waals surface area contributed by atoms with Gasteiger partial charge in [-0.05, 0) is 37.1 Å². The molecule has 6 nitrogen and oxygen atoms in total. The molecule has 4 rings (SSSR count). The van der Waals surface area contributed by atoms with Gasteiger partial charge in [0.05, 0.1) is 22.7 Å². The lowest BCUT2D eigenvalue weighted by atomic mass is 10.0. The quantitative estimate of drug-likeness (QED) is 0.177. The fourth-order valence-corrected chi connectivity index (χ4v) is 5.49. The smallest absolute Gasteiger partial charge is 0.341 e. The lowest BCUT2D eigenvalue weighted by Gasteiger charge is -2.05. The highest BCUT2D eigenvalue weighted by molar-refractivity contribution is 7.18. The lowest BCUT2D eigenvalue weighted by molar-refractivity contribution is 0.0527. The summed E-state index contributed by atoms with van der Waals surface area (Å²) in [6, 6.07) is 16.3. The number of aromatic nitrogens is 1. The zero-order valence-corrected chi connectivity index (χ0v) is 20.5. The number of carbonyl (C=O) groups excluding carboxylic acids is 2. The summed E-state index contributed by atoms with van der Waals surface area (Å²) in [7, 11) is 0. The number of carbonyl (C=O) groups is 2. The van der Waals surface area contributed by atoms with Crippen molar-refractivity contribution >= 4 is 55.8 Å². The van der Waals surface area contributed by atoms with E-state index in [9.17, 15) is 14.9 Å². The van der Waals surface area contributed by atoms with Gasteiger partial charge >= 0.3 is 5.97 Å². The molecule has 2 aromatic heterocycles. The van der Waals surface area contributed by atoms with Crippen LogP contribution in [-0.4, -0.2) is 23.3 Å². The van der Waals surface area contributed by atoms with Gasteiger partial charge in [-0.1, -0.05) is 42.5 Å². The van der Waals surface area contributed by atoms with Crippen molar-refractivity contribution in [1.82, 2.24) is 4.98 Å². The minimum Gasteiger partial charge on any atom is -0.462 e. The highest BCUT2D eigenvalue weighted by Crippen LogP contribution is 2.35. The van der Waals surface area contributed by atoms with Crippen LogP contribution in [-0.2, 0) is 4.74 Å². The molecule has 4 aromatic rings. The Kier molecular flexibility index (Phi) is 6.87. The van der Waals surface area contributed by atoms with Crippen LogP contribution in [0.3, 0.4) is 0 Å². The predicted octanol–water partition coefficient (Wildman–Crippen LogP) is 6.69. The largest absolute Gasteiger partial charge is 0.462 e. The van der Waals surface area contributed by atoms with Gasteiger partial charge in [-0.3, -0.25) is 4.79 Å². The van der Waals surface area contributed by atoms with E-state index in [-0.39, 0.29) is 12.4 Å². The molecule has 34 heavy (non-hydrogen) atoms. The molecule has 0 aliphatic carbocycles. The van der Waals surface area contributed by atoms with E-state index in [0.29, 0.717) is 31.6 Å². The Morgan fingerprint density at radius 1 is 1.21 bits per heavy atom. The van der Waals surface area contributed by atoms with Gasteiger partial charge in [-0.25, -0.2) is 9.78 Å². The van der Waals surface area contributed by atoms with Gasteiger partial charge in [0.1, 0.15) is 21.7 Å². The van der Waals surface area contributed by atoms with Gasteiger partial charge < -0.3 is 10.1 Å². The molecule has 0 radical (unpaired) electrons. The van der Waals surface area contributed by atoms with Crippen LogP contribution < -0.4 is 5.32 Å². The molecular formula is C26H21N3O3S2. The average Bonchev–Trinajstić information content (AvgIpc) is 3.44. The molecule has 0 aliphatic rings. The maximum atomic E-state index is 12.5. The summed E-state index contributed by atoms with van der Waals surface area (Å²) >= 11 is 2.54. The monoisotopic (exact) mass is 487 g/mol. The zero-order chi connectivity index (χ0) is 24.2. The number of nitriles is 1. The number of ether oxygens (including phenoxy) is 1. The number of hydrogen-bond acceptors (Lipinski definition) is 8. The normalized spacial score (nSPS) is 11.3. The standard InChI is InChI=1S/C26H21N3O3S2/c1-4-32-26(31)22-15(2)23(16(3)30)34-25(22)28-13-18(12-27)24-29-21(14-33-24)20-11-7-9-17-8-5-6-10-19(17)20/h5-11,13-14,28H,4H2,1-3H3/b18-13-. The maximum Gasteiger partial charge on any atom is 0.341 e. The second kappa shape index (κ2) is 10.00. The molecule has 8 heteroatoms. The summed E-state index contributed by atoms with van der Waals surface area (Å²) in [6.45, 7) is 5.12. The van der Waals surface area contributed by atoms with Crippen molar-refractivity contribution in [3.05, 3.63) is 75.1 Å². The Balaban J connectivity index is 1.68. The number of thiophene rings is 1. The minimum atomic E-state index is -0.509. The van der Waals surface area contributed by atoms with Crippen LogP contribution >= 0.6 is 22.7 Å². The first kappa shape index (κ1) is 23.4.